The Morgan fingerprint density at radius 2 is 2.05 bits per heavy atom. The molecule has 2 aromatic rings. The van der Waals surface area contributed by atoms with Crippen LogP contribution in [0.2, 0.25) is 0 Å². The Kier molecular flexibility index (Phi) is 4.43. The van der Waals surface area contributed by atoms with Gasteiger partial charge >= 0.3 is 6.18 Å². The van der Waals surface area contributed by atoms with E-state index in [2.05, 4.69) is 15.5 Å². The van der Waals surface area contributed by atoms with Crippen LogP contribution in [0.5, 0.6) is 0 Å². The number of halogens is 3. The second kappa shape index (κ2) is 6.08. The molecule has 0 spiro atoms. The Morgan fingerprint density at radius 1 is 1.25 bits per heavy atom. The molecule has 2 rings (SSSR count). The van der Waals surface area contributed by atoms with Crippen molar-refractivity contribution in [3.05, 3.63) is 35.9 Å². The summed E-state index contributed by atoms with van der Waals surface area (Å²) in [5.41, 5.74) is 1.76. The number of aromatic nitrogens is 4. The molecule has 0 aliphatic heterocycles. The van der Waals surface area contributed by atoms with Crippen LogP contribution in [0.4, 0.5) is 13.2 Å². The van der Waals surface area contributed by atoms with Crippen molar-refractivity contribution in [1.29, 1.82) is 0 Å². The average molecular weight is 287 g/mol. The number of nitrogens with zero attached hydrogens (tertiary/aromatic N) is 4. The van der Waals surface area contributed by atoms with Crippen LogP contribution < -0.4 is 5.32 Å². The highest BCUT2D eigenvalue weighted by molar-refractivity contribution is 5.05. The van der Waals surface area contributed by atoms with Gasteiger partial charge < -0.3 is 5.32 Å². The van der Waals surface area contributed by atoms with Crippen molar-refractivity contribution in [3.8, 4) is 0 Å². The number of alkyl halides is 3. The maximum atomic E-state index is 12.2. The maximum Gasteiger partial charge on any atom is 0.408 e. The molecule has 0 saturated carbocycles. The van der Waals surface area contributed by atoms with Gasteiger partial charge in [0.2, 0.25) is 0 Å². The molecule has 0 radical (unpaired) electrons. The molecule has 8 heteroatoms. The van der Waals surface area contributed by atoms with Gasteiger partial charge in [-0.25, -0.2) is 0 Å². The van der Waals surface area contributed by atoms with Crippen LogP contribution in [0.3, 0.4) is 0 Å². The second-order valence-corrected chi connectivity index (χ2v) is 4.40. The van der Waals surface area contributed by atoms with Crippen LogP contribution in [-0.4, -0.2) is 25.7 Å². The van der Waals surface area contributed by atoms with Crippen molar-refractivity contribution < 1.29 is 13.2 Å². The summed E-state index contributed by atoms with van der Waals surface area (Å²) in [6.45, 7) is 2.80. The van der Waals surface area contributed by atoms with Crippen molar-refractivity contribution >= 4 is 0 Å². The molecule has 0 aliphatic carbocycles. The van der Waals surface area contributed by atoms with Crippen molar-refractivity contribution in [2.24, 2.45) is 0 Å². The largest absolute Gasteiger partial charge is 0.408 e. The summed E-state index contributed by atoms with van der Waals surface area (Å²) in [6, 6.07) is 1.91. The number of rotatable bonds is 6. The van der Waals surface area contributed by atoms with E-state index in [1.807, 2.05) is 17.7 Å². The van der Waals surface area contributed by atoms with Crippen molar-refractivity contribution in [2.75, 3.05) is 0 Å². The van der Waals surface area contributed by atoms with E-state index in [1.54, 1.807) is 6.20 Å². The molecule has 0 saturated heterocycles. The fraction of sp³-hybridized carbons (Fsp3) is 0.500. The lowest BCUT2D eigenvalue weighted by atomic mass is 10.3. The van der Waals surface area contributed by atoms with Crippen LogP contribution in [0.25, 0.3) is 0 Å². The van der Waals surface area contributed by atoms with E-state index in [1.165, 1.54) is 12.4 Å². The molecule has 1 N–H and O–H groups in total. The smallest absolute Gasteiger partial charge is 0.307 e. The lowest BCUT2D eigenvalue weighted by Crippen LogP contribution is -2.18. The molecule has 20 heavy (non-hydrogen) atoms. The number of aryl methyl sites for hydroxylation is 1. The topological polar surface area (TPSA) is 47.7 Å². The monoisotopic (exact) mass is 287 g/mol. The lowest BCUT2D eigenvalue weighted by Gasteiger charge is -2.06. The maximum absolute atomic E-state index is 12.2. The Morgan fingerprint density at radius 3 is 2.75 bits per heavy atom. The lowest BCUT2D eigenvalue weighted by molar-refractivity contribution is -0.142. The molecule has 0 unspecified atom stereocenters. The summed E-state index contributed by atoms with van der Waals surface area (Å²) in [7, 11) is 0. The molecular formula is C12H16F3N5. The molecule has 0 bridgehead atoms. The Balaban J connectivity index is 1.83. The van der Waals surface area contributed by atoms with Gasteiger partial charge in [-0.05, 0) is 13.0 Å². The zero-order valence-electron chi connectivity index (χ0n) is 11.1. The Bertz CT molecular complexity index is 543. The van der Waals surface area contributed by atoms with Crippen molar-refractivity contribution in [2.45, 2.75) is 39.3 Å². The standard InChI is InChI=1S/C12H16F3N5/c1-2-20-11(3-4-17-20)7-16-5-10-6-18-19(8-10)9-12(13,14)15/h3-4,6,8,16H,2,5,7,9H2,1H3. The average Bonchev–Trinajstić information content (AvgIpc) is 2.96. The minimum absolute atomic E-state index is 0.465. The van der Waals surface area contributed by atoms with Gasteiger partial charge in [-0.1, -0.05) is 0 Å². The van der Waals surface area contributed by atoms with E-state index in [4.69, 9.17) is 0 Å². The van der Waals surface area contributed by atoms with Crippen LogP contribution in [-0.2, 0) is 26.2 Å². The van der Waals surface area contributed by atoms with Crippen LogP contribution in [0, 0.1) is 0 Å². The highest BCUT2D eigenvalue weighted by Gasteiger charge is 2.28. The first kappa shape index (κ1) is 14.6. The highest BCUT2D eigenvalue weighted by Crippen LogP contribution is 2.17. The van der Waals surface area contributed by atoms with Gasteiger partial charge in [-0.2, -0.15) is 23.4 Å². The van der Waals surface area contributed by atoms with E-state index < -0.39 is 12.7 Å². The third-order valence-electron chi connectivity index (χ3n) is 2.77. The molecular weight excluding hydrogens is 271 g/mol. The van der Waals surface area contributed by atoms with Crippen molar-refractivity contribution in [1.82, 2.24) is 24.9 Å². The van der Waals surface area contributed by atoms with E-state index in [0.29, 0.717) is 13.1 Å². The summed E-state index contributed by atoms with van der Waals surface area (Å²) in [6.07, 6.45) is 0.319. The van der Waals surface area contributed by atoms with Gasteiger partial charge in [0.15, 0.2) is 0 Å². The molecule has 2 aromatic heterocycles. The van der Waals surface area contributed by atoms with Gasteiger partial charge in [-0.3, -0.25) is 9.36 Å². The quantitative estimate of drug-likeness (QED) is 0.883. The molecule has 0 fully saturated rings. The van der Waals surface area contributed by atoms with Crippen molar-refractivity contribution in [3.63, 3.8) is 0 Å². The summed E-state index contributed by atoms with van der Waals surface area (Å²) in [5, 5.41) is 11.0. The van der Waals surface area contributed by atoms with Gasteiger partial charge in [0.1, 0.15) is 6.54 Å². The fourth-order valence-electron chi connectivity index (χ4n) is 1.90. The molecule has 0 aromatic carbocycles. The summed E-state index contributed by atoms with van der Waals surface area (Å²) in [4.78, 5) is 0. The predicted molar refractivity (Wildman–Crippen MR) is 66.7 cm³/mol. The molecule has 0 aliphatic rings. The fourth-order valence-corrected chi connectivity index (χ4v) is 1.90. The predicted octanol–water partition coefficient (Wildman–Crippen LogP) is 1.95. The third-order valence-corrected chi connectivity index (χ3v) is 2.77. The first-order valence-electron chi connectivity index (χ1n) is 6.27. The number of hydrogen-bond acceptors (Lipinski definition) is 3. The first-order valence-corrected chi connectivity index (χ1v) is 6.27. The van der Waals surface area contributed by atoms with Crippen LogP contribution in [0.15, 0.2) is 24.7 Å². The van der Waals surface area contributed by atoms with Gasteiger partial charge in [-0.15, -0.1) is 0 Å². The molecule has 0 atom stereocenters. The highest BCUT2D eigenvalue weighted by atomic mass is 19.4. The summed E-state index contributed by atoms with van der Waals surface area (Å²) >= 11 is 0. The number of nitrogens with one attached hydrogen (secondary N) is 1. The van der Waals surface area contributed by atoms with Gasteiger partial charge in [0, 0.05) is 37.6 Å². The van der Waals surface area contributed by atoms with Crippen LogP contribution in [0.1, 0.15) is 18.2 Å². The minimum Gasteiger partial charge on any atom is -0.307 e. The zero-order valence-corrected chi connectivity index (χ0v) is 11.1. The first-order chi connectivity index (χ1) is 9.48. The normalized spacial score (nSPS) is 12.0. The zero-order chi connectivity index (χ0) is 14.6. The van der Waals surface area contributed by atoms with E-state index in [9.17, 15) is 13.2 Å². The minimum atomic E-state index is -4.25. The Labute approximate surface area is 114 Å². The van der Waals surface area contributed by atoms with E-state index in [0.717, 1.165) is 22.5 Å². The Hall–Kier alpha value is -1.83. The third kappa shape index (κ3) is 4.09. The second-order valence-electron chi connectivity index (χ2n) is 4.40. The summed E-state index contributed by atoms with van der Waals surface area (Å²) in [5.74, 6) is 0. The SMILES string of the molecule is CCn1nccc1CNCc1cnn(CC(F)(F)F)c1. The summed E-state index contributed by atoms with van der Waals surface area (Å²) < 4.78 is 39.3. The van der Waals surface area contributed by atoms with Gasteiger partial charge in [0.05, 0.1) is 11.9 Å². The molecule has 0 amide bonds. The van der Waals surface area contributed by atoms with E-state index >= 15 is 0 Å². The van der Waals surface area contributed by atoms with Gasteiger partial charge in [0.25, 0.3) is 0 Å². The number of hydrogen-bond donors (Lipinski definition) is 1. The molecule has 110 valence electrons. The van der Waals surface area contributed by atoms with Crippen LogP contribution >= 0.6 is 0 Å². The van der Waals surface area contributed by atoms with E-state index in [-0.39, 0.29) is 0 Å². The molecule has 5 nitrogen and oxygen atoms in total. The molecule has 2 heterocycles.